The molecule has 2 aromatic carbocycles. The molecule has 0 aliphatic rings. The lowest BCUT2D eigenvalue weighted by molar-refractivity contribution is 0.567. The molecule has 0 N–H and O–H groups in total. The Morgan fingerprint density at radius 3 is 0.968 bits per heavy atom. The Morgan fingerprint density at radius 2 is 0.742 bits per heavy atom. The Bertz CT molecular complexity index is 795. The van der Waals surface area contributed by atoms with Crippen LogP contribution >= 0.6 is 15.9 Å². The molecule has 0 heterocycles. The molecule has 2 rings (SSSR count). The van der Waals surface area contributed by atoms with Gasteiger partial charge in [-0.15, -0.1) is 0 Å². The standard InChI is InChI=1S/C15H23Br.C15H24/c1-14(2,3)12-7-11(10-16)8-13(9-12)15(4,5)6;1-11-8-12(14(2,3)4)10-13(9-11)15(5,6)7/h7-9H,10H2,1-6H3;8-10H,1-7H3. The fourth-order valence-electron chi connectivity index (χ4n) is 3.28. The van der Waals surface area contributed by atoms with E-state index in [0.29, 0.717) is 0 Å². The lowest BCUT2D eigenvalue weighted by Gasteiger charge is -2.26. The molecule has 0 aliphatic carbocycles. The maximum atomic E-state index is 3.56. The first-order chi connectivity index (χ1) is 13.7. The van der Waals surface area contributed by atoms with Gasteiger partial charge < -0.3 is 0 Å². The molecule has 2 aromatic rings. The lowest BCUT2D eigenvalue weighted by Crippen LogP contribution is -2.16. The number of halogens is 1. The summed E-state index contributed by atoms with van der Waals surface area (Å²) in [4.78, 5) is 0. The van der Waals surface area contributed by atoms with Crippen molar-refractivity contribution in [2.45, 2.75) is 117 Å². The smallest absolute Gasteiger partial charge is 0.0283 e. The van der Waals surface area contributed by atoms with Crippen molar-refractivity contribution in [1.82, 2.24) is 0 Å². The molecule has 0 saturated carbocycles. The Kier molecular flexibility index (Phi) is 8.85. The van der Waals surface area contributed by atoms with Crippen LogP contribution in [0.25, 0.3) is 0 Å². The van der Waals surface area contributed by atoms with Crippen molar-refractivity contribution in [1.29, 1.82) is 0 Å². The van der Waals surface area contributed by atoms with Gasteiger partial charge in [0.2, 0.25) is 0 Å². The lowest BCUT2D eigenvalue weighted by atomic mass is 9.80. The molecule has 1 heteroatoms. The predicted molar refractivity (Wildman–Crippen MR) is 145 cm³/mol. The van der Waals surface area contributed by atoms with Gasteiger partial charge in [0, 0.05) is 5.33 Å². The van der Waals surface area contributed by atoms with E-state index in [1.54, 1.807) is 0 Å². The second kappa shape index (κ2) is 9.82. The van der Waals surface area contributed by atoms with Gasteiger partial charge in [-0.3, -0.25) is 0 Å². The van der Waals surface area contributed by atoms with Gasteiger partial charge >= 0.3 is 0 Å². The zero-order chi connectivity index (χ0) is 24.4. The minimum Gasteiger partial charge on any atom is -0.0876 e. The summed E-state index contributed by atoms with van der Waals surface area (Å²) in [6.07, 6.45) is 0. The SMILES string of the molecule is CC(C)(C)c1cc(CBr)cc(C(C)(C)C)c1.Cc1cc(C(C)(C)C)cc(C(C)(C)C)c1. The Hall–Kier alpha value is -1.08. The number of hydrogen-bond donors (Lipinski definition) is 0. The van der Waals surface area contributed by atoms with Gasteiger partial charge in [-0.1, -0.05) is 141 Å². The quantitative estimate of drug-likeness (QED) is 0.351. The number of aryl methyl sites for hydroxylation is 1. The third-order valence-electron chi connectivity index (χ3n) is 5.69. The van der Waals surface area contributed by atoms with E-state index in [0.717, 1.165) is 5.33 Å². The van der Waals surface area contributed by atoms with E-state index in [1.807, 2.05) is 0 Å². The number of benzene rings is 2. The molecular weight excluding hydrogens is 440 g/mol. The summed E-state index contributed by atoms with van der Waals surface area (Å²) in [6.45, 7) is 29.4. The Balaban J connectivity index is 0.000000311. The molecule has 0 nitrogen and oxygen atoms in total. The van der Waals surface area contributed by atoms with Gasteiger partial charge in [0.05, 0.1) is 0 Å². The van der Waals surface area contributed by atoms with Crippen LogP contribution in [0.3, 0.4) is 0 Å². The van der Waals surface area contributed by atoms with Crippen LogP contribution in [-0.2, 0) is 27.0 Å². The fourth-order valence-corrected chi connectivity index (χ4v) is 3.61. The summed E-state index contributed by atoms with van der Waals surface area (Å²) in [7, 11) is 0. The van der Waals surface area contributed by atoms with E-state index in [2.05, 4.69) is 142 Å². The van der Waals surface area contributed by atoms with Crippen molar-refractivity contribution < 1.29 is 0 Å². The molecule has 0 fully saturated rings. The summed E-state index contributed by atoms with van der Waals surface area (Å²) < 4.78 is 0. The summed E-state index contributed by atoms with van der Waals surface area (Å²) >= 11 is 3.56. The van der Waals surface area contributed by atoms with Crippen LogP contribution in [0.2, 0.25) is 0 Å². The van der Waals surface area contributed by atoms with Gasteiger partial charge in [0.1, 0.15) is 0 Å². The summed E-state index contributed by atoms with van der Waals surface area (Å²) in [5.41, 5.74) is 9.39. The minimum atomic E-state index is 0.220. The fraction of sp³-hybridized carbons (Fsp3) is 0.600. The highest BCUT2D eigenvalue weighted by atomic mass is 79.9. The first-order valence-corrected chi connectivity index (χ1v) is 12.7. The van der Waals surface area contributed by atoms with E-state index in [-0.39, 0.29) is 21.7 Å². The molecule has 0 bridgehead atoms. The van der Waals surface area contributed by atoms with E-state index >= 15 is 0 Å². The molecule has 0 unspecified atom stereocenters. The van der Waals surface area contributed by atoms with E-state index in [9.17, 15) is 0 Å². The van der Waals surface area contributed by atoms with Gasteiger partial charge in [0.25, 0.3) is 0 Å². The zero-order valence-corrected chi connectivity index (χ0v) is 24.1. The highest BCUT2D eigenvalue weighted by Crippen LogP contribution is 2.31. The topological polar surface area (TPSA) is 0 Å². The minimum absolute atomic E-state index is 0.220. The van der Waals surface area contributed by atoms with Gasteiger partial charge in [0.15, 0.2) is 0 Å². The van der Waals surface area contributed by atoms with Crippen LogP contribution in [-0.4, -0.2) is 0 Å². The highest BCUT2D eigenvalue weighted by Gasteiger charge is 2.21. The highest BCUT2D eigenvalue weighted by molar-refractivity contribution is 9.08. The van der Waals surface area contributed by atoms with Gasteiger partial charge in [-0.25, -0.2) is 0 Å². The van der Waals surface area contributed by atoms with Crippen LogP contribution in [0.15, 0.2) is 36.4 Å². The molecule has 0 aliphatic heterocycles. The maximum absolute atomic E-state index is 3.56. The largest absolute Gasteiger partial charge is 0.0876 e. The first-order valence-electron chi connectivity index (χ1n) is 11.6. The molecule has 0 saturated heterocycles. The van der Waals surface area contributed by atoms with Crippen molar-refractivity contribution in [3.63, 3.8) is 0 Å². The van der Waals surface area contributed by atoms with Crippen molar-refractivity contribution in [3.05, 3.63) is 69.8 Å². The zero-order valence-electron chi connectivity index (χ0n) is 22.5. The predicted octanol–water partition coefficient (Wildman–Crippen LogP) is 9.77. The van der Waals surface area contributed by atoms with Crippen LogP contribution in [0.1, 0.15) is 116 Å². The van der Waals surface area contributed by atoms with Crippen LogP contribution in [0.4, 0.5) is 0 Å². The molecule has 0 amide bonds. The van der Waals surface area contributed by atoms with Gasteiger partial charge in [-0.05, 0) is 56.4 Å². The van der Waals surface area contributed by atoms with E-state index < -0.39 is 0 Å². The molecule has 31 heavy (non-hydrogen) atoms. The number of hydrogen-bond acceptors (Lipinski definition) is 0. The second-order valence-corrected chi connectivity index (χ2v) is 13.7. The molecule has 0 radical (unpaired) electrons. The average molecular weight is 488 g/mol. The number of rotatable bonds is 1. The van der Waals surface area contributed by atoms with E-state index in [4.69, 9.17) is 0 Å². The summed E-state index contributed by atoms with van der Waals surface area (Å²) in [5, 5.41) is 0.931. The van der Waals surface area contributed by atoms with Crippen molar-refractivity contribution >= 4 is 15.9 Å². The third-order valence-corrected chi connectivity index (χ3v) is 6.34. The van der Waals surface area contributed by atoms with Crippen molar-refractivity contribution in [2.24, 2.45) is 0 Å². The van der Waals surface area contributed by atoms with Crippen LogP contribution < -0.4 is 0 Å². The number of alkyl halides is 1. The average Bonchev–Trinajstić information content (AvgIpc) is 2.58. The third kappa shape index (κ3) is 8.76. The Labute approximate surface area is 202 Å². The molecule has 0 spiro atoms. The Morgan fingerprint density at radius 1 is 0.484 bits per heavy atom. The van der Waals surface area contributed by atoms with Crippen molar-refractivity contribution in [3.8, 4) is 0 Å². The second-order valence-electron chi connectivity index (χ2n) is 13.1. The first kappa shape index (κ1) is 28.0. The monoisotopic (exact) mass is 486 g/mol. The van der Waals surface area contributed by atoms with Gasteiger partial charge in [-0.2, -0.15) is 0 Å². The van der Waals surface area contributed by atoms with Crippen LogP contribution in [0, 0.1) is 6.92 Å². The summed E-state index contributed by atoms with van der Waals surface area (Å²) in [5.74, 6) is 0. The van der Waals surface area contributed by atoms with Crippen molar-refractivity contribution in [2.75, 3.05) is 0 Å². The molecule has 174 valence electrons. The molecular formula is C30H47Br. The summed E-state index contributed by atoms with van der Waals surface area (Å²) in [6, 6.07) is 13.9. The maximum Gasteiger partial charge on any atom is 0.0283 e. The molecule has 0 aromatic heterocycles. The van der Waals surface area contributed by atoms with Crippen LogP contribution in [0.5, 0.6) is 0 Å². The molecule has 0 atom stereocenters. The normalized spacial score (nSPS) is 13.0. The van der Waals surface area contributed by atoms with E-state index in [1.165, 1.54) is 33.4 Å².